The standard InChI is InChI=1S/C22H22N2O3S/c1-16-9-6-7-14-20(16)21(17-10-4-3-5-11-17)23-22(25)18-12-8-13-19(15-18)24-28(2,26)27/h3-15,21,24H,1-2H3,(H,23,25)/t21-/m1/s1. The number of benzene rings is 3. The molecular weight excluding hydrogens is 372 g/mol. The van der Waals surface area contributed by atoms with Crippen LogP contribution in [0, 0.1) is 6.92 Å². The number of hydrogen-bond donors (Lipinski definition) is 2. The van der Waals surface area contributed by atoms with E-state index in [1.165, 1.54) is 6.07 Å². The van der Waals surface area contributed by atoms with Crippen molar-refractivity contribution in [1.29, 1.82) is 0 Å². The highest BCUT2D eigenvalue weighted by Crippen LogP contribution is 2.25. The van der Waals surface area contributed by atoms with Crippen molar-refractivity contribution in [3.63, 3.8) is 0 Å². The van der Waals surface area contributed by atoms with Crippen molar-refractivity contribution in [1.82, 2.24) is 5.32 Å². The fraction of sp³-hybridized carbons (Fsp3) is 0.136. The monoisotopic (exact) mass is 394 g/mol. The van der Waals surface area contributed by atoms with Gasteiger partial charge in [-0.3, -0.25) is 9.52 Å². The molecule has 3 aromatic rings. The van der Waals surface area contributed by atoms with Crippen molar-refractivity contribution in [3.05, 3.63) is 101 Å². The van der Waals surface area contributed by atoms with E-state index >= 15 is 0 Å². The number of amides is 1. The van der Waals surface area contributed by atoms with Gasteiger partial charge in [0.05, 0.1) is 12.3 Å². The maximum Gasteiger partial charge on any atom is 0.252 e. The van der Waals surface area contributed by atoms with Crippen LogP contribution in [-0.2, 0) is 10.0 Å². The van der Waals surface area contributed by atoms with Crippen LogP contribution in [0.3, 0.4) is 0 Å². The lowest BCUT2D eigenvalue weighted by Gasteiger charge is -2.22. The molecule has 6 heteroatoms. The zero-order chi connectivity index (χ0) is 20.1. The Hall–Kier alpha value is -3.12. The minimum absolute atomic E-state index is 0.283. The summed E-state index contributed by atoms with van der Waals surface area (Å²) in [5, 5.41) is 3.08. The van der Waals surface area contributed by atoms with Crippen LogP contribution in [0.15, 0.2) is 78.9 Å². The van der Waals surface area contributed by atoms with E-state index < -0.39 is 10.0 Å². The Bertz CT molecular complexity index is 1080. The summed E-state index contributed by atoms with van der Waals surface area (Å²) in [5.74, 6) is -0.283. The molecule has 28 heavy (non-hydrogen) atoms. The summed E-state index contributed by atoms with van der Waals surface area (Å²) in [6, 6.07) is 23.8. The molecule has 1 amide bonds. The Morgan fingerprint density at radius 3 is 2.25 bits per heavy atom. The van der Waals surface area contributed by atoms with Gasteiger partial charge in [-0.25, -0.2) is 8.42 Å². The largest absolute Gasteiger partial charge is 0.341 e. The first-order chi connectivity index (χ1) is 13.3. The molecule has 0 aliphatic heterocycles. The fourth-order valence-electron chi connectivity index (χ4n) is 3.05. The third-order valence-electron chi connectivity index (χ3n) is 4.34. The van der Waals surface area contributed by atoms with Gasteiger partial charge in [0.15, 0.2) is 0 Å². The maximum absolute atomic E-state index is 12.9. The number of sulfonamides is 1. The van der Waals surface area contributed by atoms with Gasteiger partial charge in [-0.15, -0.1) is 0 Å². The minimum atomic E-state index is -3.42. The van der Waals surface area contributed by atoms with E-state index in [-0.39, 0.29) is 11.9 Å². The molecule has 0 aromatic heterocycles. The van der Waals surface area contributed by atoms with Crippen LogP contribution < -0.4 is 10.0 Å². The van der Waals surface area contributed by atoms with Crippen molar-refractivity contribution < 1.29 is 13.2 Å². The normalized spacial score (nSPS) is 12.2. The zero-order valence-corrected chi connectivity index (χ0v) is 16.5. The number of aryl methyl sites for hydroxylation is 1. The number of anilines is 1. The summed E-state index contributed by atoms with van der Waals surface area (Å²) in [7, 11) is -3.42. The molecule has 0 fully saturated rings. The summed E-state index contributed by atoms with van der Waals surface area (Å²) < 4.78 is 25.3. The Labute approximate surface area is 165 Å². The molecule has 0 radical (unpaired) electrons. The molecule has 3 rings (SSSR count). The summed E-state index contributed by atoms with van der Waals surface area (Å²) in [6.07, 6.45) is 1.07. The van der Waals surface area contributed by atoms with Crippen molar-refractivity contribution in [3.8, 4) is 0 Å². The molecule has 0 spiro atoms. The molecule has 3 aromatic carbocycles. The molecule has 0 saturated carbocycles. The second-order valence-electron chi connectivity index (χ2n) is 6.63. The lowest BCUT2D eigenvalue weighted by atomic mass is 9.94. The van der Waals surface area contributed by atoms with Crippen LogP contribution in [0.2, 0.25) is 0 Å². The fourth-order valence-corrected chi connectivity index (χ4v) is 3.60. The molecule has 5 nitrogen and oxygen atoms in total. The summed E-state index contributed by atoms with van der Waals surface area (Å²) in [4.78, 5) is 12.9. The van der Waals surface area contributed by atoms with Crippen LogP contribution in [0.5, 0.6) is 0 Å². The van der Waals surface area contributed by atoms with Gasteiger partial charge in [0, 0.05) is 11.3 Å². The lowest BCUT2D eigenvalue weighted by molar-refractivity contribution is 0.0943. The third-order valence-corrected chi connectivity index (χ3v) is 4.94. The number of carbonyl (C=O) groups is 1. The molecule has 0 heterocycles. The maximum atomic E-state index is 12.9. The first-order valence-corrected chi connectivity index (χ1v) is 10.7. The van der Waals surface area contributed by atoms with Gasteiger partial charge in [0.1, 0.15) is 0 Å². The molecule has 0 bridgehead atoms. The molecule has 0 saturated heterocycles. The van der Waals surface area contributed by atoms with Crippen LogP contribution in [0.4, 0.5) is 5.69 Å². The van der Waals surface area contributed by atoms with Gasteiger partial charge >= 0.3 is 0 Å². The number of nitrogens with one attached hydrogen (secondary N) is 2. The van der Waals surface area contributed by atoms with Crippen LogP contribution >= 0.6 is 0 Å². The topological polar surface area (TPSA) is 75.3 Å². The Kier molecular flexibility index (Phi) is 5.80. The predicted octanol–water partition coefficient (Wildman–Crippen LogP) is 3.89. The summed E-state index contributed by atoms with van der Waals surface area (Å²) in [5.41, 5.74) is 3.78. The van der Waals surface area contributed by atoms with E-state index in [9.17, 15) is 13.2 Å². The van der Waals surface area contributed by atoms with Crippen molar-refractivity contribution in [2.24, 2.45) is 0 Å². The highest BCUT2D eigenvalue weighted by atomic mass is 32.2. The zero-order valence-electron chi connectivity index (χ0n) is 15.7. The highest BCUT2D eigenvalue weighted by Gasteiger charge is 2.19. The van der Waals surface area contributed by atoms with Gasteiger partial charge < -0.3 is 5.32 Å². The van der Waals surface area contributed by atoms with Crippen LogP contribution in [-0.4, -0.2) is 20.6 Å². The minimum Gasteiger partial charge on any atom is -0.341 e. The van der Waals surface area contributed by atoms with E-state index in [0.717, 1.165) is 22.9 Å². The smallest absolute Gasteiger partial charge is 0.252 e. The molecule has 0 unspecified atom stereocenters. The second-order valence-corrected chi connectivity index (χ2v) is 8.38. The van der Waals surface area contributed by atoms with E-state index in [0.29, 0.717) is 11.3 Å². The SMILES string of the molecule is Cc1ccccc1[C@H](NC(=O)c1cccc(NS(C)(=O)=O)c1)c1ccccc1. The number of carbonyl (C=O) groups excluding carboxylic acids is 1. The average Bonchev–Trinajstić information content (AvgIpc) is 2.66. The van der Waals surface area contributed by atoms with Crippen molar-refractivity contribution >= 4 is 21.6 Å². The quantitative estimate of drug-likeness (QED) is 0.666. The molecule has 1 atom stereocenters. The summed E-state index contributed by atoms with van der Waals surface area (Å²) >= 11 is 0. The van der Waals surface area contributed by atoms with Gasteiger partial charge in [-0.1, -0.05) is 60.7 Å². The molecule has 0 aliphatic carbocycles. The number of rotatable bonds is 6. The lowest BCUT2D eigenvalue weighted by Crippen LogP contribution is -2.29. The first-order valence-electron chi connectivity index (χ1n) is 8.83. The van der Waals surface area contributed by atoms with Crippen LogP contribution in [0.1, 0.15) is 33.1 Å². The molecule has 2 N–H and O–H groups in total. The average molecular weight is 394 g/mol. The van der Waals surface area contributed by atoms with Gasteiger partial charge in [-0.05, 0) is 41.8 Å². The summed E-state index contributed by atoms with van der Waals surface area (Å²) in [6.45, 7) is 2.01. The first kappa shape index (κ1) is 19.6. The van der Waals surface area contributed by atoms with E-state index in [2.05, 4.69) is 10.0 Å². The molecular formula is C22H22N2O3S. The van der Waals surface area contributed by atoms with Gasteiger partial charge in [-0.2, -0.15) is 0 Å². The highest BCUT2D eigenvalue weighted by molar-refractivity contribution is 7.92. The molecule has 0 aliphatic rings. The van der Waals surface area contributed by atoms with E-state index in [1.54, 1.807) is 18.2 Å². The van der Waals surface area contributed by atoms with Crippen molar-refractivity contribution in [2.45, 2.75) is 13.0 Å². The second kappa shape index (κ2) is 8.27. The van der Waals surface area contributed by atoms with Gasteiger partial charge in [0.2, 0.25) is 10.0 Å². The van der Waals surface area contributed by atoms with E-state index in [1.807, 2.05) is 61.5 Å². The molecule has 144 valence electrons. The Balaban J connectivity index is 1.92. The van der Waals surface area contributed by atoms with Crippen molar-refractivity contribution in [2.75, 3.05) is 11.0 Å². The number of hydrogen-bond acceptors (Lipinski definition) is 3. The Morgan fingerprint density at radius 1 is 0.893 bits per heavy atom. The van der Waals surface area contributed by atoms with E-state index in [4.69, 9.17) is 0 Å². The van der Waals surface area contributed by atoms with Crippen LogP contribution in [0.25, 0.3) is 0 Å². The Morgan fingerprint density at radius 2 is 1.57 bits per heavy atom. The third kappa shape index (κ3) is 4.98. The predicted molar refractivity (Wildman–Crippen MR) is 112 cm³/mol. The van der Waals surface area contributed by atoms with Gasteiger partial charge in [0.25, 0.3) is 5.91 Å².